The molecule has 0 amide bonds. The van der Waals surface area contributed by atoms with Crippen LogP contribution in [0.2, 0.25) is 0 Å². The van der Waals surface area contributed by atoms with Crippen molar-refractivity contribution in [3.63, 3.8) is 0 Å². The molecule has 0 bridgehead atoms. The Morgan fingerprint density at radius 2 is 2.50 bits per heavy atom. The van der Waals surface area contributed by atoms with Gasteiger partial charge in [0.1, 0.15) is 0 Å². The van der Waals surface area contributed by atoms with Crippen LogP contribution in [-0.4, -0.2) is 22.7 Å². The zero-order valence-electron chi connectivity index (χ0n) is 7.19. The van der Waals surface area contributed by atoms with E-state index in [4.69, 9.17) is 0 Å². The summed E-state index contributed by atoms with van der Waals surface area (Å²) in [6.45, 7) is 2.11. The molecule has 1 N–H and O–H groups in total. The first kappa shape index (κ1) is 10.1. The number of aliphatic hydroxyl groups excluding tert-OH is 1. The summed E-state index contributed by atoms with van der Waals surface area (Å²) in [5.74, 6) is 1.94. The molecular weight excluding hydrogens is 188 g/mol. The zero-order chi connectivity index (χ0) is 8.81. The highest BCUT2D eigenvalue weighted by molar-refractivity contribution is 7.99. The molecule has 1 atom stereocenters. The van der Waals surface area contributed by atoms with Crippen molar-refractivity contribution in [2.75, 3.05) is 11.5 Å². The van der Waals surface area contributed by atoms with Crippen molar-refractivity contribution >= 4 is 23.1 Å². The van der Waals surface area contributed by atoms with E-state index < -0.39 is 0 Å². The minimum Gasteiger partial charge on any atom is -0.392 e. The molecule has 1 heterocycles. The Bertz CT molecular complexity index is 196. The summed E-state index contributed by atoms with van der Waals surface area (Å²) in [4.78, 5) is 0. The number of thiophene rings is 1. The highest BCUT2D eigenvalue weighted by Gasteiger charge is 2.04. The van der Waals surface area contributed by atoms with Gasteiger partial charge in [0.15, 0.2) is 0 Å². The second-order valence-electron chi connectivity index (χ2n) is 2.65. The fourth-order valence-electron chi connectivity index (χ4n) is 0.994. The van der Waals surface area contributed by atoms with Crippen molar-refractivity contribution in [2.45, 2.75) is 19.4 Å². The van der Waals surface area contributed by atoms with E-state index in [1.165, 1.54) is 5.56 Å². The predicted octanol–water partition coefficient (Wildman–Crippen LogP) is 2.40. The summed E-state index contributed by atoms with van der Waals surface area (Å²) < 4.78 is 0. The molecule has 0 aliphatic carbocycles. The molecule has 12 heavy (non-hydrogen) atoms. The second kappa shape index (κ2) is 5.62. The second-order valence-corrected chi connectivity index (χ2v) is 4.75. The van der Waals surface area contributed by atoms with Gasteiger partial charge < -0.3 is 5.11 Å². The van der Waals surface area contributed by atoms with Gasteiger partial charge in [-0.1, -0.05) is 6.92 Å². The topological polar surface area (TPSA) is 20.2 Å². The average molecular weight is 202 g/mol. The Balaban J connectivity index is 2.22. The summed E-state index contributed by atoms with van der Waals surface area (Å²) in [7, 11) is 0. The fraction of sp³-hybridized carbons (Fsp3) is 0.556. The van der Waals surface area contributed by atoms with Gasteiger partial charge in [-0.15, -0.1) is 0 Å². The van der Waals surface area contributed by atoms with Gasteiger partial charge >= 0.3 is 0 Å². The number of hydrogen-bond acceptors (Lipinski definition) is 3. The predicted molar refractivity (Wildman–Crippen MR) is 57.0 cm³/mol. The lowest BCUT2D eigenvalue weighted by atomic mass is 10.2. The van der Waals surface area contributed by atoms with Crippen LogP contribution < -0.4 is 0 Å². The van der Waals surface area contributed by atoms with Crippen molar-refractivity contribution in [3.05, 3.63) is 22.4 Å². The van der Waals surface area contributed by atoms with Crippen molar-refractivity contribution < 1.29 is 5.11 Å². The van der Waals surface area contributed by atoms with Crippen LogP contribution in [0.5, 0.6) is 0 Å². The van der Waals surface area contributed by atoms with Crippen molar-refractivity contribution in [3.8, 4) is 0 Å². The molecule has 68 valence electrons. The van der Waals surface area contributed by atoms with E-state index in [9.17, 15) is 5.11 Å². The van der Waals surface area contributed by atoms with Gasteiger partial charge in [-0.25, -0.2) is 0 Å². The molecule has 1 nitrogen and oxygen atoms in total. The standard InChI is InChI=1S/C9H14OS2/c1-2-11-7-9(10)5-8-3-4-12-6-8/h3-4,6,9-10H,2,5,7H2,1H3. The number of aliphatic hydroxyl groups is 1. The normalized spacial score (nSPS) is 13.2. The molecule has 0 saturated carbocycles. The maximum absolute atomic E-state index is 9.54. The average Bonchev–Trinajstić information content (AvgIpc) is 2.53. The number of hydrogen-bond donors (Lipinski definition) is 1. The summed E-state index contributed by atoms with van der Waals surface area (Å²) in [5, 5.41) is 13.7. The highest BCUT2D eigenvalue weighted by Crippen LogP contribution is 2.11. The first-order chi connectivity index (χ1) is 5.83. The summed E-state index contributed by atoms with van der Waals surface area (Å²) in [6.07, 6.45) is 0.626. The van der Waals surface area contributed by atoms with E-state index in [2.05, 4.69) is 23.8 Å². The molecule has 0 aliphatic rings. The highest BCUT2D eigenvalue weighted by atomic mass is 32.2. The third-order valence-corrected chi connectivity index (χ3v) is 3.33. The minimum absolute atomic E-state index is 0.176. The molecule has 0 aliphatic heterocycles. The monoisotopic (exact) mass is 202 g/mol. The van der Waals surface area contributed by atoms with E-state index >= 15 is 0 Å². The van der Waals surface area contributed by atoms with Gasteiger partial charge in [0.05, 0.1) is 6.10 Å². The molecule has 1 rings (SSSR count). The van der Waals surface area contributed by atoms with Gasteiger partial charge in [-0.3, -0.25) is 0 Å². The van der Waals surface area contributed by atoms with Gasteiger partial charge in [-0.2, -0.15) is 23.1 Å². The fourth-order valence-corrected chi connectivity index (χ4v) is 2.30. The maximum atomic E-state index is 9.54. The van der Waals surface area contributed by atoms with Gasteiger partial charge in [0.25, 0.3) is 0 Å². The van der Waals surface area contributed by atoms with E-state index in [1.54, 1.807) is 23.1 Å². The van der Waals surface area contributed by atoms with Crippen LogP contribution in [0.25, 0.3) is 0 Å². The first-order valence-electron chi connectivity index (χ1n) is 4.09. The van der Waals surface area contributed by atoms with E-state index in [1.807, 2.05) is 0 Å². The lowest BCUT2D eigenvalue weighted by Crippen LogP contribution is -2.13. The van der Waals surface area contributed by atoms with Crippen LogP contribution in [0, 0.1) is 0 Å². The Morgan fingerprint density at radius 3 is 3.08 bits per heavy atom. The molecule has 0 aromatic carbocycles. The Kier molecular flexibility index (Phi) is 4.73. The lowest BCUT2D eigenvalue weighted by Gasteiger charge is -2.07. The van der Waals surface area contributed by atoms with Crippen LogP contribution in [0.1, 0.15) is 12.5 Å². The molecule has 3 heteroatoms. The van der Waals surface area contributed by atoms with Crippen LogP contribution >= 0.6 is 23.1 Å². The van der Waals surface area contributed by atoms with E-state index in [0.29, 0.717) is 0 Å². The Morgan fingerprint density at radius 1 is 1.67 bits per heavy atom. The lowest BCUT2D eigenvalue weighted by molar-refractivity contribution is 0.200. The molecule has 1 unspecified atom stereocenters. The molecule has 1 aromatic rings. The maximum Gasteiger partial charge on any atom is 0.0671 e. The smallest absolute Gasteiger partial charge is 0.0671 e. The van der Waals surface area contributed by atoms with Crippen molar-refractivity contribution in [1.29, 1.82) is 0 Å². The van der Waals surface area contributed by atoms with Crippen LogP contribution in [-0.2, 0) is 6.42 Å². The minimum atomic E-state index is -0.176. The van der Waals surface area contributed by atoms with Crippen LogP contribution in [0.4, 0.5) is 0 Å². The molecule has 0 saturated heterocycles. The third-order valence-electron chi connectivity index (χ3n) is 1.57. The molecule has 1 aromatic heterocycles. The van der Waals surface area contributed by atoms with Crippen molar-refractivity contribution in [1.82, 2.24) is 0 Å². The SMILES string of the molecule is CCSCC(O)Cc1ccsc1. The largest absolute Gasteiger partial charge is 0.392 e. The van der Waals surface area contributed by atoms with Gasteiger partial charge in [0.2, 0.25) is 0 Å². The zero-order valence-corrected chi connectivity index (χ0v) is 8.83. The Labute approximate surface area is 81.8 Å². The quantitative estimate of drug-likeness (QED) is 0.791. The molecule has 0 fully saturated rings. The summed E-state index contributed by atoms with van der Waals surface area (Å²) in [5.41, 5.74) is 1.25. The van der Waals surface area contributed by atoms with Crippen LogP contribution in [0.3, 0.4) is 0 Å². The molecule has 0 radical (unpaired) electrons. The number of thioether (sulfide) groups is 1. The molecular formula is C9H14OS2. The van der Waals surface area contributed by atoms with E-state index in [-0.39, 0.29) is 6.10 Å². The third kappa shape index (κ3) is 3.61. The van der Waals surface area contributed by atoms with Crippen LogP contribution in [0.15, 0.2) is 16.8 Å². The van der Waals surface area contributed by atoms with Gasteiger partial charge in [0, 0.05) is 5.75 Å². The molecule has 0 spiro atoms. The van der Waals surface area contributed by atoms with Gasteiger partial charge in [-0.05, 0) is 34.6 Å². The Hall–Kier alpha value is 0.01000. The van der Waals surface area contributed by atoms with E-state index in [0.717, 1.165) is 17.9 Å². The summed E-state index contributed by atoms with van der Waals surface area (Å²) in [6, 6.07) is 2.07. The van der Waals surface area contributed by atoms with Crippen molar-refractivity contribution in [2.24, 2.45) is 0 Å². The first-order valence-corrected chi connectivity index (χ1v) is 6.19. The summed E-state index contributed by atoms with van der Waals surface area (Å²) >= 11 is 3.48. The number of rotatable bonds is 5.